The Morgan fingerprint density at radius 3 is 2.69 bits per heavy atom. The average molecular weight is 472 g/mol. The van der Waals surface area contributed by atoms with Crippen LogP contribution in [0.5, 0.6) is 0 Å². The van der Waals surface area contributed by atoms with Crippen molar-refractivity contribution in [3.05, 3.63) is 80.9 Å². The predicted molar refractivity (Wildman–Crippen MR) is 118 cm³/mol. The van der Waals surface area contributed by atoms with Crippen LogP contribution in [0.15, 0.2) is 70.3 Å². The lowest BCUT2D eigenvalue weighted by Gasteiger charge is -2.08. The van der Waals surface area contributed by atoms with Gasteiger partial charge in [-0.05, 0) is 35.9 Å². The zero-order valence-corrected chi connectivity index (χ0v) is 17.7. The van der Waals surface area contributed by atoms with Crippen LogP contribution in [0.25, 0.3) is 22.2 Å². The molecule has 0 radical (unpaired) electrons. The summed E-state index contributed by atoms with van der Waals surface area (Å²) in [5.41, 5.74) is 3.15. The molecular weight excluding hydrogens is 456 g/mol. The quantitative estimate of drug-likeness (QED) is 0.478. The first-order valence-corrected chi connectivity index (χ1v) is 9.95. The molecule has 29 heavy (non-hydrogen) atoms. The molecule has 0 aliphatic rings. The molecule has 0 unspecified atom stereocenters. The maximum atomic E-state index is 13.0. The van der Waals surface area contributed by atoms with Crippen LogP contribution in [0.4, 0.5) is 5.69 Å². The highest BCUT2D eigenvalue weighted by Gasteiger charge is 2.16. The van der Waals surface area contributed by atoms with Crippen LogP contribution in [0.1, 0.15) is 0 Å². The van der Waals surface area contributed by atoms with Gasteiger partial charge in [0.15, 0.2) is 0 Å². The topological polar surface area (TPSA) is 68.9 Å². The average Bonchev–Trinajstić information content (AvgIpc) is 3.02. The molecule has 2 aromatic heterocycles. The number of aromatic nitrogens is 3. The number of nitrogens with zero attached hydrogens (tertiary/aromatic N) is 3. The van der Waals surface area contributed by atoms with Crippen molar-refractivity contribution in [3.8, 4) is 11.1 Å². The van der Waals surface area contributed by atoms with Gasteiger partial charge in [-0.2, -0.15) is 0 Å². The number of fused-ring (bicyclic) bond motifs is 1. The van der Waals surface area contributed by atoms with E-state index in [0.29, 0.717) is 21.7 Å². The van der Waals surface area contributed by atoms with Crippen molar-refractivity contribution in [1.29, 1.82) is 0 Å². The molecule has 0 saturated heterocycles. The molecule has 0 aliphatic heterocycles. The summed E-state index contributed by atoms with van der Waals surface area (Å²) in [6.07, 6.45) is 3.26. The third-order valence-electron chi connectivity index (χ3n) is 4.52. The molecule has 1 amide bonds. The van der Waals surface area contributed by atoms with Gasteiger partial charge in [-0.3, -0.25) is 14.2 Å². The van der Waals surface area contributed by atoms with Gasteiger partial charge in [-0.15, -0.1) is 0 Å². The normalized spacial score (nSPS) is 11.0. The number of hydrogen-bond acceptors (Lipinski definition) is 3. The summed E-state index contributed by atoms with van der Waals surface area (Å²) in [4.78, 5) is 29.8. The Morgan fingerprint density at radius 1 is 1.21 bits per heavy atom. The molecule has 2 heterocycles. The van der Waals surface area contributed by atoms with Gasteiger partial charge in [-0.25, -0.2) is 4.98 Å². The van der Waals surface area contributed by atoms with Crippen molar-refractivity contribution in [2.45, 2.75) is 6.54 Å². The first kappa shape index (κ1) is 19.4. The molecule has 1 N–H and O–H groups in total. The van der Waals surface area contributed by atoms with Crippen molar-refractivity contribution in [3.63, 3.8) is 0 Å². The van der Waals surface area contributed by atoms with Crippen molar-refractivity contribution in [1.82, 2.24) is 14.1 Å². The Bertz CT molecular complexity index is 1280. The van der Waals surface area contributed by atoms with Crippen LogP contribution in [0.2, 0.25) is 5.02 Å². The molecule has 0 aliphatic carbocycles. The smallest absolute Gasteiger partial charge is 0.278 e. The highest BCUT2D eigenvalue weighted by molar-refractivity contribution is 9.10. The number of carbonyl (C=O) groups is 1. The van der Waals surface area contributed by atoms with Crippen molar-refractivity contribution < 1.29 is 4.79 Å². The number of rotatable bonds is 4. The second-order valence-corrected chi connectivity index (χ2v) is 7.95. The Hall–Kier alpha value is -2.90. The van der Waals surface area contributed by atoms with Crippen LogP contribution in [0, 0.1) is 0 Å². The van der Waals surface area contributed by atoms with Crippen LogP contribution in [-0.4, -0.2) is 20.0 Å². The SMILES string of the molecule is Cn1cc(-c2ccc(Cl)cc2)c2ncn(CC(=O)Nc3cccc(Br)c3)c(=O)c21. The van der Waals surface area contributed by atoms with Crippen LogP contribution >= 0.6 is 27.5 Å². The summed E-state index contributed by atoms with van der Waals surface area (Å²) >= 11 is 9.33. The van der Waals surface area contributed by atoms with Gasteiger partial charge in [0.2, 0.25) is 5.91 Å². The van der Waals surface area contributed by atoms with Gasteiger partial charge in [0.25, 0.3) is 5.56 Å². The third kappa shape index (κ3) is 3.97. The minimum Gasteiger partial charge on any atom is -0.344 e. The molecule has 0 saturated carbocycles. The predicted octanol–water partition coefficient (Wildman–Crippen LogP) is 4.46. The molecule has 146 valence electrons. The zero-order chi connectivity index (χ0) is 20.5. The number of aryl methyl sites for hydroxylation is 1. The van der Waals surface area contributed by atoms with E-state index in [0.717, 1.165) is 15.6 Å². The maximum Gasteiger partial charge on any atom is 0.278 e. The fourth-order valence-electron chi connectivity index (χ4n) is 3.19. The molecule has 0 spiro atoms. The number of carbonyl (C=O) groups excluding carboxylic acids is 1. The molecule has 8 heteroatoms. The first-order chi connectivity index (χ1) is 13.9. The number of halogens is 2. The number of benzene rings is 2. The number of nitrogens with one attached hydrogen (secondary N) is 1. The monoisotopic (exact) mass is 470 g/mol. The highest BCUT2D eigenvalue weighted by Crippen LogP contribution is 2.28. The molecule has 0 atom stereocenters. The van der Waals surface area contributed by atoms with E-state index in [9.17, 15) is 9.59 Å². The van der Waals surface area contributed by atoms with Crippen LogP contribution in [-0.2, 0) is 18.4 Å². The Morgan fingerprint density at radius 2 is 1.97 bits per heavy atom. The first-order valence-electron chi connectivity index (χ1n) is 8.78. The van der Waals surface area contributed by atoms with E-state index in [1.165, 1.54) is 10.9 Å². The van der Waals surface area contributed by atoms with E-state index in [-0.39, 0.29) is 18.0 Å². The molecular formula is C21H16BrClN4O2. The molecule has 0 fully saturated rings. The summed E-state index contributed by atoms with van der Waals surface area (Å²) in [7, 11) is 1.79. The van der Waals surface area contributed by atoms with Gasteiger partial charge < -0.3 is 9.88 Å². The van der Waals surface area contributed by atoms with E-state index in [4.69, 9.17) is 11.6 Å². The van der Waals surface area contributed by atoms with Crippen molar-refractivity contribution in [2.24, 2.45) is 7.05 Å². The molecule has 6 nitrogen and oxygen atoms in total. The van der Waals surface area contributed by atoms with Crippen LogP contribution < -0.4 is 10.9 Å². The number of amides is 1. The van der Waals surface area contributed by atoms with Gasteiger partial charge in [0.1, 0.15) is 17.6 Å². The molecule has 4 rings (SSSR count). The standard InChI is InChI=1S/C21H16BrClN4O2/c1-26-10-17(13-5-7-15(23)8-6-13)19-20(26)21(29)27(12-24-19)11-18(28)25-16-4-2-3-14(22)9-16/h2-10,12H,11H2,1H3,(H,25,28). The van der Waals surface area contributed by atoms with E-state index >= 15 is 0 Å². The highest BCUT2D eigenvalue weighted by atomic mass is 79.9. The van der Waals surface area contributed by atoms with E-state index < -0.39 is 0 Å². The lowest BCUT2D eigenvalue weighted by Crippen LogP contribution is -2.28. The van der Waals surface area contributed by atoms with E-state index in [2.05, 4.69) is 26.2 Å². The van der Waals surface area contributed by atoms with E-state index in [1.54, 1.807) is 35.9 Å². The van der Waals surface area contributed by atoms with E-state index in [1.807, 2.05) is 30.5 Å². The summed E-state index contributed by atoms with van der Waals surface area (Å²) in [5.74, 6) is -0.307. The zero-order valence-electron chi connectivity index (χ0n) is 15.4. The third-order valence-corrected chi connectivity index (χ3v) is 5.27. The minimum atomic E-state index is -0.307. The van der Waals surface area contributed by atoms with Crippen LogP contribution in [0.3, 0.4) is 0 Å². The fraction of sp³-hybridized carbons (Fsp3) is 0.0952. The van der Waals surface area contributed by atoms with Crippen molar-refractivity contribution >= 4 is 50.2 Å². The second-order valence-electron chi connectivity index (χ2n) is 6.59. The maximum absolute atomic E-state index is 13.0. The lowest BCUT2D eigenvalue weighted by atomic mass is 10.1. The number of hydrogen-bond donors (Lipinski definition) is 1. The number of anilines is 1. The summed E-state index contributed by atoms with van der Waals surface area (Å²) in [6, 6.07) is 14.6. The summed E-state index contributed by atoms with van der Waals surface area (Å²) in [5, 5.41) is 3.42. The Balaban J connectivity index is 1.66. The molecule has 2 aromatic carbocycles. The largest absolute Gasteiger partial charge is 0.344 e. The second kappa shape index (κ2) is 7.85. The van der Waals surface area contributed by atoms with Gasteiger partial charge in [-0.1, -0.05) is 45.7 Å². The molecule has 0 bridgehead atoms. The fourth-order valence-corrected chi connectivity index (χ4v) is 3.71. The summed E-state index contributed by atoms with van der Waals surface area (Å²) < 4.78 is 3.90. The Labute approximate surface area is 179 Å². The summed E-state index contributed by atoms with van der Waals surface area (Å²) in [6.45, 7) is -0.129. The van der Waals surface area contributed by atoms with Crippen molar-refractivity contribution in [2.75, 3.05) is 5.32 Å². The molecule has 4 aromatic rings. The minimum absolute atomic E-state index is 0.129. The van der Waals surface area contributed by atoms with Gasteiger partial charge in [0.05, 0.1) is 6.33 Å². The van der Waals surface area contributed by atoms with Gasteiger partial charge >= 0.3 is 0 Å². The Kier molecular flexibility index (Phi) is 5.25. The lowest BCUT2D eigenvalue weighted by molar-refractivity contribution is -0.116. The van der Waals surface area contributed by atoms with Gasteiger partial charge in [0, 0.05) is 34.0 Å².